The van der Waals surface area contributed by atoms with Gasteiger partial charge in [0.25, 0.3) is 0 Å². The van der Waals surface area contributed by atoms with Gasteiger partial charge >= 0.3 is 5.97 Å². The van der Waals surface area contributed by atoms with Crippen molar-refractivity contribution in [2.45, 2.75) is 0 Å². The van der Waals surface area contributed by atoms with Crippen molar-refractivity contribution >= 4 is 5.97 Å². The van der Waals surface area contributed by atoms with Crippen LogP contribution < -0.4 is 0 Å². The summed E-state index contributed by atoms with van der Waals surface area (Å²) in [4.78, 5) is 10.6. The minimum atomic E-state index is -1.01. The highest BCUT2D eigenvalue weighted by Gasteiger charge is 2.01. The van der Waals surface area contributed by atoms with E-state index in [0.717, 1.165) is 12.1 Å². The SMILES string of the molecule is O=C(O)c1ccc(C#Cc2ccc(F)c(F)c2)cc1. The molecule has 2 nitrogen and oxygen atoms in total. The number of carbonyl (C=O) groups is 1. The molecule has 0 aromatic heterocycles. The Kier molecular flexibility index (Phi) is 3.58. The van der Waals surface area contributed by atoms with Crippen LogP contribution in [0.15, 0.2) is 42.5 Å². The average Bonchev–Trinajstić information content (AvgIpc) is 2.40. The number of aromatic carboxylic acids is 1. The van der Waals surface area contributed by atoms with Gasteiger partial charge in [-0.25, -0.2) is 13.6 Å². The molecule has 0 bridgehead atoms. The number of hydrogen-bond acceptors (Lipinski definition) is 1. The molecule has 0 aliphatic rings. The lowest BCUT2D eigenvalue weighted by atomic mass is 10.1. The van der Waals surface area contributed by atoms with E-state index < -0.39 is 17.6 Å². The van der Waals surface area contributed by atoms with Gasteiger partial charge in [-0.3, -0.25) is 0 Å². The Morgan fingerprint density at radius 3 is 2.05 bits per heavy atom. The van der Waals surface area contributed by atoms with E-state index in [4.69, 9.17) is 5.11 Å². The van der Waals surface area contributed by atoms with Crippen LogP contribution >= 0.6 is 0 Å². The summed E-state index contributed by atoms with van der Waals surface area (Å²) in [5.41, 5.74) is 1.11. The second-order valence-electron chi connectivity index (χ2n) is 3.76. The van der Waals surface area contributed by atoms with Gasteiger partial charge in [-0.2, -0.15) is 0 Å². The third-order valence-corrected chi connectivity index (χ3v) is 2.40. The van der Waals surface area contributed by atoms with Gasteiger partial charge in [0.15, 0.2) is 11.6 Å². The largest absolute Gasteiger partial charge is 0.478 e. The maximum atomic E-state index is 12.9. The van der Waals surface area contributed by atoms with E-state index in [-0.39, 0.29) is 5.56 Å². The quantitative estimate of drug-likeness (QED) is 0.798. The van der Waals surface area contributed by atoms with Crippen molar-refractivity contribution in [1.29, 1.82) is 0 Å². The predicted octanol–water partition coefficient (Wildman–Crippen LogP) is 3.06. The van der Waals surface area contributed by atoms with E-state index in [9.17, 15) is 13.6 Å². The summed E-state index contributed by atoms with van der Waals surface area (Å²) in [6, 6.07) is 9.35. The fraction of sp³-hybridized carbons (Fsp3) is 0. The summed E-state index contributed by atoms with van der Waals surface area (Å²) in [6.07, 6.45) is 0. The van der Waals surface area contributed by atoms with Gasteiger partial charge in [0.1, 0.15) is 0 Å². The average molecular weight is 258 g/mol. The highest BCUT2D eigenvalue weighted by molar-refractivity contribution is 5.87. The van der Waals surface area contributed by atoms with E-state index in [2.05, 4.69) is 11.8 Å². The second kappa shape index (κ2) is 5.32. The van der Waals surface area contributed by atoms with Crippen molar-refractivity contribution in [1.82, 2.24) is 0 Å². The fourth-order valence-electron chi connectivity index (χ4n) is 1.41. The van der Waals surface area contributed by atoms with Gasteiger partial charge in [0, 0.05) is 11.1 Å². The van der Waals surface area contributed by atoms with Crippen LogP contribution in [0.3, 0.4) is 0 Å². The molecule has 0 unspecified atom stereocenters. The maximum absolute atomic E-state index is 12.9. The fourth-order valence-corrected chi connectivity index (χ4v) is 1.41. The van der Waals surface area contributed by atoms with Crippen molar-refractivity contribution < 1.29 is 18.7 Å². The molecule has 0 fully saturated rings. The highest BCUT2D eigenvalue weighted by Crippen LogP contribution is 2.08. The molecule has 0 aliphatic carbocycles. The first-order chi connectivity index (χ1) is 9.06. The van der Waals surface area contributed by atoms with E-state index in [1.807, 2.05) is 0 Å². The standard InChI is InChI=1S/C15H8F2O2/c16-13-8-5-11(9-14(13)17)2-1-10-3-6-12(7-4-10)15(18)19/h3-9H,(H,18,19). The molecule has 19 heavy (non-hydrogen) atoms. The van der Waals surface area contributed by atoms with Crippen LogP contribution in [0.25, 0.3) is 0 Å². The maximum Gasteiger partial charge on any atom is 0.335 e. The second-order valence-corrected chi connectivity index (χ2v) is 3.76. The Hall–Kier alpha value is -2.67. The van der Waals surface area contributed by atoms with E-state index in [0.29, 0.717) is 11.1 Å². The van der Waals surface area contributed by atoms with Crippen LogP contribution in [0.5, 0.6) is 0 Å². The highest BCUT2D eigenvalue weighted by atomic mass is 19.2. The number of benzene rings is 2. The molecule has 0 aliphatic heterocycles. The van der Waals surface area contributed by atoms with Gasteiger partial charge in [-0.05, 0) is 42.5 Å². The van der Waals surface area contributed by atoms with Crippen molar-refractivity contribution in [3.05, 3.63) is 70.8 Å². The first kappa shape index (κ1) is 12.8. The van der Waals surface area contributed by atoms with Crippen molar-refractivity contribution in [2.24, 2.45) is 0 Å². The van der Waals surface area contributed by atoms with E-state index in [1.54, 1.807) is 12.1 Å². The van der Waals surface area contributed by atoms with Crippen LogP contribution in [-0.4, -0.2) is 11.1 Å². The number of carboxylic acid groups (broad SMARTS) is 1. The third-order valence-electron chi connectivity index (χ3n) is 2.40. The summed E-state index contributed by atoms with van der Waals surface area (Å²) in [5, 5.41) is 8.73. The molecule has 1 N–H and O–H groups in total. The molecule has 0 amide bonds. The smallest absolute Gasteiger partial charge is 0.335 e. The molecule has 2 aromatic rings. The topological polar surface area (TPSA) is 37.3 Å². The molecule has 2 rings (SSSR count). The van der Waals surface area contributed by atoms with Crippen LogP contribution in [0.1, 0.15) is 21.5 Å². The van der Waals surface area contributed by atoms with Crippen LogP contribution in [-0.2, 0) is 0 Å². The van der Waals surface area contributed by atoms with E-state index in [1.165, 1.54) is 18.2 Å². The van der Waals surface area contributed by atoms with Crippen LogP contribution in [0.2, 0.25) is 0 Å². The number of halogens is 2. The molecule has 4 heteroatoms. The van der Waals surface area contributed by atoms with Gasteiger partial charge in [-0.15, -0.1) is 0 Å². The summed E-state index contributed by atoms with van der Waals surface area (Å²) in [5.74, 6) is 2.53. The minimum Gasteiger partial charge on any atom is -0.478 e. The van der Waals surface area contributed by atoms with Crippen molar-refractivity contribution in [2.75, 3.05) is 0 Å². The number of carboxylic acids is 1. The molecule has 0 atom stereocenters. The van der Waals surface area contributed by atoms with Gasteiger partial charge < -0.3 is 5.11 Å². The first-order valence-corrected chi connectivity index (χ1v) is 5.37. The lowest BCUT2D eigenvalue weighted by Gasteiger charge is -1.94. The van der Waals surface area contributed by atoms with Gasteiger partial charge in [-0.1, -0.05) is 11.8 Å². The summed E-state index contributed by atoms with van der Waals surface area (Å²) in [7, 11) is 0. The van der Waals surface area contributed by atoms with Crippen LogP contribution in [0.4, 0.5) is 8.78 Å². The zero-order valence-corrected chi connectivity index (χ0v) is 9.65. The normalized spacial score (nSPS) is 9.58. The molecule has 0 saturated carbocycles. The summed E-state index contributed by atoms with van der Waals surface area (Å²) >= 11 is 0. The molecule has 0 spiro atoms. The molecule has 0 saturated heterocycles. The molecule has 94 valence electrons. The number of hydrogen-bond donors (Lipinski definition) is 1. The molecular weight excluding hydrogens is 250 g/mol. The zero-order valence-electron chi connectivity index (χ0n) is 9.65. The lowest BCUT2D eigenvalue weighted by Crippen LogP contribution is -1.94. The monoisotopic (exact) mass is 258 g/mol. The molecular formula is C15H8F2O2. The van der Waals surface area contributed by atoms with Gasteiger partial charge in [0.05, 0.1) is 5.56 Å². The number of rotatable bonds is 1. The zero-order chi connectivity index (χ0) is 13.8. The molecule has 0 heterocycles. The lowest BCUT2D eigenvalue weighted by molar-refractivity contribution is 0.0697. The van der Waals surface area contributed by atoms with E-state index >= 15 is 0 Å². The Balaban J connectivity index is 2.23. The van der Waals surface area contributed by atoms with Crippen molar-refractivity contribution in [3.8, 4) is 11.8 Å². The summed E-state index contributed by atoms with van der Waals surface area (Å²) < 4.78 is 25.6. The summed E-state index contributed by atoms with van der Waals surface area (Å²) in [6.45, 7) is 0. The third kappa shape index (κ3) is 3.17. The predicted molar refractivity (Wildman–Crippen MR) is 65.7 cm³/mol. The Bertz CT molecular complexity index is 680. The Labute approximate surface area is 108 Å². The Morgan fingerprint density at radius 1 is 0.895 bits per heavy atom. The molecule has 0 radical (unpaired) electrons. The van der Waals surface area contributed by atoms with Gasteiger partial charge in [0.2, 0.25) is 0 Å². The Morgan fingerprint density at radius 2 is 1.47 bits per heavy atom. The molecule has 2 aromatic carbocycles. The first-order valence-electron chi connectivity index (χ1n) is 5.37. The van der Waals surface area contributed by atoms with Crippen LogP contribution in [0, 0.1) is 23.5 Å². The van der Waals surface area contributed by atoms with Crippen molar-refractivity contribution in [3.63, 3.8) is 0 Å². The minimum absolute atomic E-state index is 0.165.